The molecule has 0 spiro atoms. The van der Waals surface area contributed by atoms with Crippen LogP contribution in [0.3, 0.4) is 0 Å². The van der Waals surface area contributed by atoms with E-state index in [1.54, 1.807) is 0 Å². The van der Waals surface area contributed by atoms with Gasteiger partial charge in [-0.1, -0.05) is 20.8 Å². The van der Waals surface area contributed by atoms with Gasteiger partial charge in [0.25, 0.3) is 0 Å². The van der Waals surface area contributed by atoms with Crippen LogP contribution < -0.4 is 5.32 Å². The Morgan fingerprint density at radius 2 is 1.90 bits per heavy atom. The SMILES string of the molecule is CCOC(CC)(CC)c1nc(CC)c2c(n1)CCNC2. The van der Waals surface area contributed by atoms with E-state index in [-0.39, 0.29) is 5.60 Å². The molecule has 0 radical (unpaired) electrons. The van der Waals surface area contributed by atoms with E-state index < -0.39 is 0 Å². The maximum absolute atomic E-state index is 6.06. The molecule has 1 aromatic rings. The fourth-order valence-corrected chi connectivity index (χ4v) is 3.02. The monoisotopic (exact) mass is 277 g/mol. The minimum absolute atomic E-state index is 0.321. The second-order valence-electron chi connectivity index (χ2n) is 5.33. The summed E-state index contributed by atoms with van der Waals surface area (Å²) in [6.07, 6.45) is 3.78. The molecule has 0 unspecified atom stereocenters. The third kappa shape index (κ3) is 2.72. The average Bonchev–Trinajstić information content (AvgIpc) is 2.51. The third-order valence-electron chi connectivity index (χ3n) is 4.32. The fourth-order valence-electron chi connectivity index (χ4n) is 3.02. The number of hydrogen-bond donors (Lipinski definition) is 1. The minimum Gasteiger partial charge on any atom is -0.367 e. The van der Waals surface area contributed by atoms with Crippen molar-refractivity contribution in [3.63, 3.8) is 0 Å². The number of aromatic nitrogens is 2. The Kier molecular flexibility index (Phi) is 5.11. The maximum atomic E-state index is 6.06. The summed E-state index contributed by atoms with van der Waals surface area (Å²) in [5.74, 6) is 0.891. The molecule has 1 aliphatic rings. The van der Waals surface area contributed by atoms with Gasteiger partial charge >= 0.3 is 0 Å². The summed E-state index contributed by atoms with van der Waals surface area (Å²) in [5, 5.41) is 3.42. The highest BCUT2D eigenvalue weighted by Crippen LogP contribution is 2.32. The normalized spacial score (nSPS) is 15.2. The first-order chi connectivity index (χ1) is 9.70. The number of rotatable bonds is 6. The van der Waals surface area contributed by atoms with Gasteiger partial charge in [0.05, 0.1) is 5.69 Å². The van der Waals surface area contributed by atoms with Crippen molar-refractivity contribution in [2.24, 2.45) is 0 Å². The Bertz CT molecular complexity index is 438. The van der Waals surface area contributed by atoms with E-state index in [2.05, 4.69) is 26.1 Å². The molecular formula is C16H27N3O. The van der Waals surface area contributed by atoms with E-state index in [0.717, 1.165) is 44.6 Å². The van der Waals surface area contributed by atoms with E-state index >= 15 is 0 Å². The van der Waals surface area contributed by atoms with E-state index in [1.807, 2.05) is 6.92 Å². The summed E-state index contributed by atoms with van der Waals surface area (Å²) >= 11 is 0. The molecule has 1 aliphatic heterocycles. The van der Waals surface area contributed by atoms with Crippen molar-refractivity contribution in [1.29, 1.82) is 0 Å². The lowest BCUT2D eigenvalue weighted by Gasteiger charge is -2.31. The van der Waals surface area contributed by atoms with Crippen LogP contribution in [0.25, 0.3) is 0 Å². The van der Waals surface area contributed by atoms with Crippen molar-refractivity contribution in [2.75, 3.05) is 13.2 Å². The molecule has 0 atom stereocenters. The van der Waals surface area contributed by atoms with Crippen LogP contribution in [0.5, 0.6) is 0 Å². The van der Waals surface area contributed by atoms with Crippen LogP contribution in [0.4, 0.5) is 0 Å². The Hall–Kier alpha value is -1.00. The molecule has 0 aromatic carbocycles. The highest BCUT2D eigenvalue weighted by Gasteiger charge is 2.33. The lowest BCUT2D eigenvalue weighted by Crippen LogP contribution is -2.34. The van der Waals surface area contributed by atoms with Crippen LogP contribution in [-0.2, 0) is 29.7 Å². The first-order valence-electron chi connectivity index (χ1n) is 7.94. The van der Waals surface area contributed by atoms with E-state index in [9.17, 15) is 0 Å². The standard InChI is InChI=1S/C16H27N3O/c1-5-13-12-11-17-10-9-14(12)19-15(18-13)16(6-2,7-3)20-8-4/h17H,5-11H2,1-4H3. The Morgan fingerprint density at radius 3 is 2.50 bits per heavy atom. The number of aryl methyl sites for hydroxylation is 1. The highest BCUT2D eigenvalue weighted by atomic mass is 16.5. The number of nitrogens with one attached hydrogen (secondary N) is 1. The second kappa shape index (κ2) is 6.64. The number of nitrogens with zero attached hydrogens (tertiary/aromatic N) is 2. The largest absolute Gasteiger partial charge is 0.367 e. The van der Waals surface area contributed by atoms with Gasteiger partial charge in [0.1, 0.15) is 5.60 Å². The van der Waals surface area contributed by atoms with Crippen molar-refractivity contribution in [3.05, 3.63) is 22.8 Å². The third-order valence-corrected chi connectivity index (χ3v) is 4.32. The zero-order valence-corrected chi connectivity index (χ0v) is 13.3. The summed E-state index contributed by atoms with van der Waals surface area (Å²) in [7, 11) is 0. The van der Waals surface area contributed by atoms with Crippen molar-refractivity contribution in [3.8, 4) is 0 Å². The van der Waals surface area contributed by atoms with Crippen molar-refractivity contribution in [1.82, 2.24) is 15.3 Å². The van der Waals surface area contributed by atoms with Crippen LogP contribution in [-0.4, -0.2) is 23.1 Å². The van der Waals surface area contributed by atoms with Crippen LogP contribution in [0.15, 0.2) is 0 Å². The summed E-state index contributed by atoms with van der Waals surface area (Å²) in [4.78, 5) is 9.74. The van der Waals surface area contributed by atoms with Crippen LogP contribution in [0.1, 0.15) is 63.3 Å². The molecule has 0 saturated carbocycles. The molecule has 0 fully saturated rings. The molecule has 0 aliphatic carbocycles. The van der Waals surface area contributed by atoms with Gasteiger partial charge in [0, 0.05) is 37.4 Å². The second-order valence-corrected chi connectivity index (χ2v) is 5.33. The van der Waals surface area contributed by atoms with Crippen LogP contribution >= 0.6 is 0 Å². The van der Waals surface area contributed by atoms with E-state index in [0.29, 0.717) is 6.61 Å². The van der Waals surface area contributed by atoms with Crippen LogP contribution in [0, 0.1) is 0 Å². The van der Waals surface area contributed by atoms with Gasteiger partial charge in [-0.3, -0.25) is 0 Å². The molecule has 2 heterocycles. The molecule has 112 valence electrons. The Labute approximate surface area is 122 Å². The smallest absolute Gasteiger partial charge is 0.160 e. The summed E-state index contributed by atoms with van der Waals surface area (Å²) in [6, 6.07) is 0. The predicted octanol–water partition coefficient (Wildman–Crippen LogP) is 2.74. The van der Waals surface area contributed by atoms with Gasteiger partial charge < -0.3 is 10.1 Å². The summed E-state index contributed by atoms with van der Waals surface area (Å²) in [5.41, 5.74) is 3.39. The predicted molar refractivity (Wildman–Crippen MR) is 80.7 cm³/mol. The zero-order valence-electron chi connectivity index (χ0n) is 13.3. The fraction of sp³-hybridized carbons (Fsp3) is 0.750. The summed E-state index contributed by atoms with van der Waals surface area (Å²) in [6.45, 7) is 11.1. The van der Waals surface area contributed by atoms with Crippen molar-refractivity contribution < 1.29 is 4.74 Å². The van der Waals surface area contributed by atoms with Gasteiger partial charge in [0.2, 0.25) is 0 Å². The van der Waals surface area contributed by atoms with Gasteiger partial charge in [-0.25, -0.2) is 9.97 Å². The molecule has 1 aromatic heterocycles. The Morgan fingerprint density at radius 1 is 1.15 bits per heavy atom. The highest BCUT2D eigenvalue weighted by molar-refractivity contribution is 5.29. The maximum Gasteiger partial charge on any atom is 0.160 e. The van der Waals surface area contributed by atoms with Gasteiger partial charge in [-0.2, -0.15) is 0 Å². The molecule has 0 amide bonds. The zero-order chi connectivity index (χ0) is 14.6. The first kappa shape index (κ1) is 15.4. The molecule has 0 bridgehead atoms. The quantitative estimate of drug-likeness (QED) is 0.868. The van der Waals surface area contributed by atoms with Gasteiger partial charge in [-0.05, 0) is 26.2 Å². The molecule has 1 N–H and O–H groups in total. The van der Waals surface area contributed by atoms with Crippen molar-refractivity contribution >= 4 is 0 Å². The molecule has 2 rings (SSSR count). The minimum atomic E-state index is -0.321. The number of ether oxygens (including phenoxy) is 1. The first-order valence-corrected chi connectivity index (χ1v) is 7.94. The number of hydrogen-bond acceptors (Lipinski definition) is 4. The molecule has 4 heteroatoms. The lowest BCUT2D eigenvalue weighted by molar-refractivity contribution is -0.0574. The molecule has 4 nitrogen and oxygen atoms in total. The molecule has 0 saturated heterocycles. The summed E-state index contributed by atoms with van der Waals surface area (Å²) < 4.78 is 6.06. The van der Waals surface area contributed by atoms with Crippen LogP contribution in [0.2, 0.25) is 0 Å². The topological polar surface area (TPSA) is 47.0 Å². The average molecular weight is 277 g/mol. The molecule has 20 heavy (non-hydrogen) atoms. The Balaban J connectivity index is 2.50. The van der Waals surface area contributed by atoms with Crippen molar-refractivity contribution in [2.45, 2.75) is 65.5 Å². The lowest BCUT2D eigenvalue weighted by atomic mass is 9.94. The van der Waals surface area contributed by atoms with E-state index in [4.69, 9.17) is 14.7 Å². The van der Waals surface area contributed by atoms with Gasteiger partial charge in [0.15, 0.2) is 5.82 Å². The van der Waals surface area contributed by atoms with E-state index in [1.165, 1.54) is 17.0 Å². The van der Waals surface area contributed by atoms with Gasteiger partial charge in [-0.15, -0.1) is 0 Å². The number of fused-ring (bicyclic) bond motifs is 1. The molecular weight excluding hydrogens is 250 g/mol.